The number of carbonyl (C=O) groups is 1. The molecule has 19 heavy (non-hydrogen) atoms. The molecular formula is C16H22O3. The number of unbranched alkanes of at least 4 members (excludes halogenated alkanes) is 3. The third-order valence-corrected chi connectivity index (χ3v) is 3.60. The number of hydrogen-bond donors (Lipinski definition) is 0. The van der Waals surface area contributed by atoms with Crippen molar-refractivity contribution in [3.8, 4) is 5.75 Å². The molecule has 104 valence electrons. The average Bonchev–Trinajstić information content (AvgIpc) is 2.84. The lowest BCUT2D eigenvalue weighted by atomic mass is 10.0. The Hall–Kier alpha value is -1.51. The van der Waals surface area contributed by atoms with Crippen LogP contribution in [0.2, 0.25) is 0 Å². The van der Waals surface area contributed by atoms with Crippen LogP contribution in [0, 0.1) is 0 Å². The summed E-state index contributed by atoms with van der Waals surface area (Å²) in [6.45, 7) is 2.22. The topological polar surface area (TPSA) is 35.5 Å². The summed E-state index contributed by atoms with van der Waals surface area (Å²) in [6.07, 6.45) is 7.34. The third kappa shape index (κ3) is 3.49. The van der Waals surface area contributed by atoms with Crippen LogP contribution in [0.25, 0.3) is 0 Å². The third-order valence-electron chi connectivity index (χ3n) is 3.60. The first-order chi connectivity index (χ1) is 9.24. The minimum Gasteiger partial charge on any atom is -0.490 e. The zero-order valence-corrected chi connectivity index (χ0v) is 11.8. The molecule has 0 bridgehead atoms. The molecular weight excluding hydrogens is 240 g/mol. The molecule has 1 aromatic rings. The van der Waals surface area contributed by atoms with Crippen molar-refractivity contribution in [1.82, 2.24) is 0 Å². The first kappa shape index (κ1) is 13.9. The molecule has 1 aliphatic rings. The molecule has 3 nitrogen and oxygen atoms in total. The number of fused-ring (bicyclic) bond motifs is 1. The van der Waals surface area contributed by atoms with Gasteiger partial charge in [0.05, 0.1) is 12.7 Å². The molecule has 1 aromatic carbocycles. The number of carbonyl (C=O) groups excluding carboxylic acids is 1. The van der Waals surface area contributed by atoms with Crippen LogP contribution < -0.4 is 4.74 Å². The Balaban J connectivity index is 1.91. The van der Waals surface area contributed by atoms with Crippen molar-refractivity contribution in [2.45, 2.75) is 51.6 Å². The van der Waals surface area contributed by atoms with E-state index in [1.807, 2.05) is 12.1 Å². The minimum atomic E-state index is -0.283. The van der Waals surface area contributed by atoms with E-state index in [0.29, 0.717) is 5.56 Å². The van der Waals surface area contributed by atoms with E-state index in [-0.39, 0.29) is 12.1 Å². The van der Waals surface area contributed by atoms with Crippen LogP contribution in [0.1, 0.15) is 54.9 Å². The SMILES string of the molecule is CCCCCCC1Cc2cc(C(=O)OC)ccc2O1. The molecule has 1 heterocycles. The molecule has 0 saturated heterocycles. The van der Waals surface area contributed by atoms with Gasteiger partial charge in [0.25, 0.3) is 0 Å². The lowest BCUT2D eigenvalue weighted by Gasteiger charge is -2.09. The summed E-state index contributed by atoms with van der Waals surface area (Å²) in [6, 6.07) is 5.55. The zero-order chi connectivity index (χ0) is 13.7. The van der Waals surface area contributed by atoms with E-state index in [9.17, 15) is 4.79 Å². The number of ether oxygens (including phenoxy) is 2. The summed E-state index contributed by atoms with van der Waals surface area (Å²) >= 11 is 0. The van der Waals surface area contributed by atoms with Crippen molar-refractivity contribution in [1.29, 1.82) is 0 Å². The smallest absolute Gasteiger partial charge is 0.337 e. The number of hydrogen-bond acceptors (Lipinski definition) is 3. The highest BCUT2D eigenvalue weighted by molar-refractivity contribution is 5.89. The van der Waals surface area contributed by atoms with Gasteiger partial charge in [-0.2, -0.15) is 0 Å². The van der Waals surface area contributed by atoms with Gasteiger partial charge < -0.3 is 9.47 Å². The summed E-state index contributed by atoms with van der Waals surface area (Å²) < 4.78 is 10.6. The molecule has 0 spiro atoms. The molecule has 0 fully saturated rings. The van der Waals surface area contributed by atoms with Gasteiger partial charge in [-0.25, -0.2) is 4.79 Å². The molecule has 0 amide bonds. The average molecular weight is 262 g/mol. The van der Waals surface area contributed by atoms with E-state index >= 15 is 0 Å². The fraction of sp³-hybridized carbons (Fsp3) is 0.562. The van der Waals surface area contributed by atoms with E-state index < -0.39 is 0 Å². The second-order valence-electron chi connectivity index (χ2n) is 5.11. The number of esters is 1. The molecule has 3 heteroatoms. The van der Waals surface area contributed by atoms with E-state index in [0.717, 1.165) is 24.2 Å². The molecule has 1 atom stereocenters. The van der Waals surface area contributed by atoms with Crippen molar-refractivity contribution in [3.63, 3.8) is 0 Å². The molecule has 0 aliphatic carbocycles. The Morgan fingerprint density at radius 3 is 2.95 bits per heavy atom. The van der Waals surface area contributed by atoms with Gasteiger partial charge in [0.15, 0.2) is 0 Å². The quantitative estimate of drug-likeness (QED) is 0.578. The van der Waals surface area contributed by atoms with Crippen molar-refractivity contribution >= 4 is 5.97 Å². The van der Waals surface area contributed by atoms with E-state index in [1.165, 1.54) is 32.8 Å². The van der Waals surface area contributed by atoms with Crippen LogP contribution in [0.4, 0.5) is 0 Å². The van der Waals surface area contributed by atoms with Crippen molar-refractivity contribution in [2.75, 3.05) is 7.11 Å². The Kier molecular flexibility index (Phi) is 4.83. The van der Waals surface area contributed by atoms with Gasteiger partial charge in [0.1, 0.15) is 11.9 Å². The van der Waals surface area contributed by atoms with E-state index in [2.05, 4.69) is 6.92 Å². The largest absolute Gasteiger partial charge is 0.490 e. The second-order valence-corrected chi connectivity index (χ2v) is 5.11. The van der Waals surface area contributed by atoms with Crippen molar-refractivity contribution in [3.05, 3.63) is 29.3 Å². The highest BCUT2D eigenvalue weighted by atomic mass is 16.5. The maximum atomic E-state index is 11.5. The van der Waals surface area contributed by atoms with Crippen LogP contribution in [-0.4, -0.2) is 19.2 Å². The molecule has 1 unspecified atom stereocenters. The van der Waals surface area contributed by atoms with Gasteiger partial charge in [-0.05, 0) is 36.6 Å². The van der Waals surface area contributed by atoms with Gasteiger partial charge in [0, 0.05) is 6.42 Å². The fourth-order valence-electron chi connectivity index (χ4n) is 2.53. The van der Waals surface area contributed by atoms with E-state index in [1.54, 1.807) is 6.07 Å². The van der Waals surface area contributed by atoms with E-state index in [4.69, 9.17) is 9.47 Å². The monoisotopic (exact) mass is 262 g/mol. The number of rotatable bonds is 6. The number of methoxy groups -OCH3 is 1. The van der Waals surface area contributed by atoms with Gasteiger partial charge in [-0.15, -0.1) is 0 Å². The lowest BCUT2D eigenvalue weighted by Crippen LogP contribution is -2.12. The summed E-state index contributed by atoms with van der Waals surface area (Å²) in [7, 11) is 1.41. The highest BCUT2D eigenvalue weighted by Gasteiger charge is 2.23. The lowest BCUT2D eigenvalue weighted by molar-refractivity contribution is 0.0600. The maximum Gasteiger partial charge on any atom is 0.337 e. The molecule has 1 aliphatic heterocycles. The Bertz CT molecular complexity index is 440. The first-order valence-electron chi connectivity index (χ1n) is 7.12. The molecule has 2 rings (SSSR count). The zero-order valence-electron chi connectivity index (χ0n) is 11.8. The van der Waals surface area contributed by atoms with Gasteiger partial charge in [-0.1, -0.05) is 26.2 Å². The normalized spacial score (nSPS) is 16.8. The second kappa shape index (κ2) is 6.60. The summed E-state index contributed by atoms with van der Waals surface area (Å²) in [5, 5.41) is 0. The van der Waals surface area contributed by atoms with Crippen LogP contribution >= 0.6 is 0 Å². The Morgan fingerprint density at radius 1 is 1.37 bits per heavy atom. The molecule has 0 N–H and O–H groups in total. The van der Waals surface area contributed by atoms with Crippen LogP contribution in [0.3, 0.4) is 0 Å². The Morgan fingerprint density at radius 2 is 2.21 bits per heavy atom. The van der Waals surface area contributed by atoms with Crippen LogP contribution in [0.5, 0.6) is 5.75 Å². The predicted octanol–water partition coefficient (Wildman–Crippen LogP) is 3.75. The fourth-order valence-corrected chi connectivity index (χ4v) is 2.53. The van der Waals surface area contributed by atoms with Gasteiger partial charge in [0.2, 0.25) is 0 Å². The maximum absolute atomic E-state index is 11.5. The van der Waals surface area contributed by atoms with Crippen molar-refractivity contribution in [2.24, 2.45) is 0 Å². The van der Waals surface area contributed by atoms with Gasteiger partial charge in [-0.3, -0.25) is 0 Å². The molecule has 0 saturated carbocycles. The standard InChI is InChI=1S/C16H22O3/c1-3-4-5-6-7-14-11-13-10-12(16(17)18-2)8-9-15(13)19-14/h8-10,14H,3-7,11H2,1-2H3. The highest BCUT2D eigenvalue weighted by Crippen LogP contribution is 2.31. The molecule has 0 aromatic heterocycles. The Labute approximate surface area is 114 Å². The number of benzene rings is 1. The van der Waals surface area contributed by atoms with Crippen LogP contribution in [0.15, 0.2) is 18.2 Å². The first-order valence-corrected chi connectivity index (χ1v) is 7.12. The predicted molar refractivity (Wildman–Crippen MR) is 74.7 cm³/mol. The minimum absolute atomic E-state index is 0.278. The summed E-state index contributed by atoms with van der Waals surface area (Å²) in [5.74, 6) is 0.641. The van der Waals surface area contributed by atoms with Gasteiger partial charge >= 0.3 is 5.97 Å². The van der Waals surface area contributed by atoms with Crippen LogP contribution in [-0.2, 0) is 11.2 Å². The van der Waals surface area contributed by atoms with Crippen molar-refractivity contribution < 1.29 is 14.3 Å². The summed E-state index contributed by atoms with van der Waals surface area (Å²) in [5.41, 5.74) is 1.74. The molecule has 0 radical (unpaired) electrons. The summed E-state index contributed by atoms with van der Waals surface area (Å²) in [4.78, 5) is 11.5.